The van der Waals surface area contributed by atoms with Crippen molar-refractivity contribution < 1.29 is 0 Å². The van der Waals surface area contributed by atoms with Gasteiger partial charge in [0.2, 0.25) is 0 Å². The van der Waals surface area contributed by atoms with E-state index in [1.807, 2.05) is 0 Å². The maximum absolute atomic E-state index is 2.91. The fourth-order valence-corrected chi connectivity index (χ4v) is 14.6. The van der Waals surface area contributed by atoms with E-state index in [4.69, 9.17) is 0 Å². The smallest absolute Gasteiger partial charge is 0.180 e. The molecule has 0 fully saturated rings. The highest BCUT2D eigenvalue weighted by Crippen LogP contribution is 2.43. The average molecular weight is 743 g/mol. The lowest BCUT2D eigenvalue weighted by Crippen LogP contribution is -2.74. The van der Waals surface area contributed by atoms with Gasteiger partial charge in [0.05, 0.1) is 27.8 Å². The zero-order valence-corrected chi connectivity index (χ0v) is 32.3. The Bertz CT molecular complexity index is 3110. The molecule has 57 heavy (non-hydrogen) atoms. The minimum absolute atomic E-state index is 1.14. The first-order valence-corrected chi connectivity index (χ1v) is 21.7. The topological polar surface area (TPSA) is 9.86 Å². The van der Waals surface area contributed by atoms with Crippen molar-refractivity contribution in [1.29, 1.82) is 0 Å². The molecule has 0 N–H and O–H groups in total. The van der Waals surface area contributed by atoms with Gasteiger partial charge in [0.25, 0.3) is 0 Å². The Morgan fingerprint density at radius 1 is 0.316 bits per heavy atom. The second-order valence-corrected chi connectivity index (χ2v) is 18.6. The van der Waals surface area contributed by atoms with Crippen LogP contribution in [-0.2, 0) is 0 Å². The Kier molecular flexibility index (Phi) is 7.87. The summed E-state index contributed by atoms with van der Waals surface area (Å²) < 4.78 is 5.06. The predicted molar refractivity (Wildman–Crippen MR) is 244 cm³/mol. The molecule has 0 aliphatic rings. The van der Waals surface area contributed by atoms with E-state index in [2.05, 4.69) is 240 Å². The summed E-state index contributed by atoms with van der Waals surface area (Å²) in [5.74, 6) is 0. The fourth-order valence-electron chi connectivity index (χ4n) is 9.57. The lowest BCUT2D eigenvalue weighted by atomic mass is 10.00. The van der Waals surface area contributed by atoms with Crippen LogP contribution in [0, 0.1) is 0 Å². The van der Waals surface area contributed by atoms with Gasteiger partial charge >= 0.3 is 0 Å². The summed E-state index contributed by atoms with van der Waals surface area (Å²) in [6.07, 6.45) is 0. The highest BCUT2D eigenvalue weighted by Gasteiger charge is 2.43. The van der Waals surface area contributed by atoms with Crippen LogP contribution in [0.5, 0.6) is 0 Å². The van der Waals surface area contributed by atoms with Crippen LogP contribution in [0.15, 0.2) is 231 Å². The first-order valence-electron chi connectivity index (χ1n) is 19.7. The van der Waals surface area contributed by atoms with E-state index in [0.29, 0.717) is 0 Å². The number of para-hydroxylation sites is 3. The van der Waals surface area contributed by atoms with Crippen LogP contribution in [0.1, 0.15) is 0 Å². The molecular weight excluding hydrogens is 705 g/mol. The van der Waals surface area contributed by atoms with Crippen LogP contribution in [0.3, 0.4) is 0 Å². The molecule has 0 atom stereocenters. The third kappa shape index (κ3) is 5.03. The average Bonchev–Trinajstić information content (AvgIpc) is 3.81. The van der Waals surface area contributed by atoms with E-state index in [0.717, 1.165) is 5.69 Å². The van der Waals surface area contributed by atoms with Crippen molar-refractivity contribution in [2.75, 3.05) is 0 Å². The summed E-state index contributed by atoms with van der Waals surface area (Å²) >= 11 is 0. The third-order valence-electron chi connectivity index (χ3n) is 11.9. The number of hydrogen-bond donors (Lipinski definition) is 0. The highest BCUT2D eigenvalue weighted by molar-refractivity contribution is 7.20. The summed E-state index contributed by atoms with van der Waals surface area (Å²) in [5.41, 5.74) is 9.45. The number of benzene rings is 9. The second kappa shape index (κ2) is 13.5. The lowest BCUT2D eigenvalue weighted by molar-refractivity contribution is 1.13. The lowest BCUT2D eigenvalue weighted by Gasteiger charge is -2.35. The van der Waals surface area contributed by atoms with Crippen molar-refractivity contribution in [3.8, 4) is 22.5 Å². The molecule has 0 spiro atoms. The van der Waals surface area contributed by atoms with Gasteiger partial charge in [-0.05, 0) is 56.6 Å². The van der Waals surface area contributed by atoms with Gasteiger partial charge in [-0.2, -0.15) is 0 Å². The molecule has 268 valence electrons. The predicted octanol–water partition coefficient (Wildman–Crippen LogP) is 10.9. The molecule has 0 aliphatic heterocycles. The molecule has 0 amide bonds. The Morgan fingerprint density at radius 3 is 1.39 bits per heavy atom. The van der Waals surface area contributed by atoms with E-state index in [1.54, 1.807) is 0 Å². The maximum atomic E-state index is 2.58. The fraction of sp³-hybridized carbons (Fsp3) is 0. The molecule has 0 radical (unpaired) electrons. The molecule has 0 saturated heterocycles. The van der Waals surface area contributed by atoms with Crippen molar-refractivity contribution in [2.45, 2.75) is 0 Å². The Morgan fingerprint density at radius 2 is 0.789 bits per heavy atom. The van der Waals surface area contributed by atoms with E-state index >= 15 is 0 Å². The van der Waals surface area contributed by atoms with Crippen LogP contribution < -0.4 is 20.7 Å². The number of hydrogen-bond acceptors (Lipinski definition) is 0. The number of fused-ring (bicyclic) bond motifs is 6. The highest BCUT2D eigenvalue weighted by atomic mass is 28.3. The molecule has 11 aromatic rings. The van der Waals surface area contributed by atoms with Crippen LogP contribution in [0.2, 0.25) is 0 Å². The normalized spacial score (nSPS) is 11.9. The number of aromatic nitrogens is 2. The Labute approximate surface area is 333 Å². The van der Waals surface area contributed by atoms with Crippen LogP contribution in [0.4, 0.5) is 0 Å². The maximum Gasteiger partial charge on any atom is 0.180 e. The van der Waals surface area contributed by atoms with Gasteiger partial charge in [0, 0.05) is 32.8 Å². The van der Waals surface area contributed by atoms with E-state index in [9.17, 15) is 0 Å². The van der Waals surface area contributed by atoms with Crippen molar-refractivity contribution in [3.05, 3.63) is 231 Å². The Hall–Kier alpha value is -7.20. The first kappa shape index (κ1) is 33.2. The standard InChI is InChI=1S/C54H38N2Si/c1-6-21-39(22-7-1)44-37-38-46-45-31-16-18-33-48(45)55(40-23-8-2-9-24-40)54(46)53(44)56-49-34-19-17-32-47(49)52-50(56)35-20-36-51(52)57(41-25-10-3-11-26-41,42-27-12-4-13-28-42)43-29-14-5-15-30-43/h1-38H. The molecule has 0 unspecified atom stereocenters. The molecule has 3 heteroatoms. The Balaban J connectivity index is 1.36. The minimum atomic E-state index is -2.91. The van der Waals surface area contributed by atoms with Gasteiger partial charge in [-0.1, -0.05) is 200 Å². The van der Waals surface area contributed by atoms with Gasteiger partial charge in [0.15, 0.2) is 8.07 Å². The van der Waals surface area contributed by atoms with Gasteiger partial charge in [-0.15, -0.1) is 0 Å². The number of nitrogens with zero attached hydrogens (tertiary/aromatic N) is 2. The summed E-state index contributed by atoms with van der Waals surface area (Å²) in [6.45, 7) is 0. The van der Waals surface area contributed by atoms with Crippen molar-refractivity contribution in [1.82, 2.24) is 9.13 Å². The second-order valence-electron chi connectivity index (χ2n) is 14.8. The minimum Gasteiger partial charge on any atom is -0.307 e. The molecule has 0 saturated carbocycles. The largest absolute Gasteiger partial charge is 0.307 e. The summed E-state index contributed by atoms with van der Waals surface area (Å²) in [4.78, 5) is 0. The monoisotopic (exact) mass is 742 g/mol. The zero-order chi connectivity index (χ0) is 37.8. The van der Waals surface area contributed by atoms with Crippen molar-refractivity contribution in [3.63, 3.8) is 0 Å². The SMILES string of the molecule is c1ccc(-c2ccc3c4ccccc4n(-c4ccccc4)c3c2-n2c3ccccc3c3c([Si](c4ccccc4)(c4ccccc4)c4ccccc4)cccc32)cc1. The molecule has 0 aliphatic carbocycles. The molecule has 2 nitrogen and oxygen atoms in total. The molecule has 9 aromatic carbocycles. The van der Waals surface area contributed by atoms with Crippen LogP contribution in [-0.4, -0.2) is 17.2 Å². The quantitative estimate of drug-likeness (QED) is 0.114. The van der Waals surface area contributed by atoms with Crippen LogP contribution >= 0.6 is 0 Å². The molecule has 0 bridgehead atoms. The molecule has 2 heterocycles. The van der Waals surface area contributed by atoms with Crippen molar-refractivity contribution in [2.24, 2.45) is 0 Å². The van der Waals surface area contributed by atoms with E-state index in [1.165, 1.54) is 81.2 Å². The van der Waals surface area contributed by atoms with Crippen molar-refractivity contribution >= 4 is 72.4 Å². The van der Waals surface area contributed by atoms with Gasteiger partial charge in [0.1, 0.15) is 0 Å². The zero-order valence-electron chi connectivity index (χ0n) is 31.3. The van der Waals surface area contributed by atoms with E-state index < -0.39 is 8.07 Å². The summed E-state index contributed by atoms with van der Waals surface area (Å²) in [6, 6.07) is 85.3. The molecule has 2 aromatic heterocycles. The first-order chi connectivity index (χ1) is 28.3. The summed E-state index contributed by atoms with van der Waals surface area (Å²) in [5, 5.41) is 10.5. The van der Waals surface area contributed by atoms with Gasteiger partial charge in [-0.25, -0.2) is 0 Å². The molecular formula is C54H38N2Si. The molecule has 11 rings (SSSR count). The van der Waals surface area contributed by atoms with Crippen LogP contribution in [0.25, 0.3) is 66.1 Å². The third-order valence-corrected chi connectivity index (χ3v) is 16.7. The van der Waals surface area contributed by atoms with E-state index in [-0.39, 0.29) is 0 Å². The van der Waals surface area contributed by atoms with Gasteiger partial charge < -0.3 is 9.13 Å². The number of rotatable bonds is 7. The summed E-state index contributed by atoms with van der Waals surface area (Å²) in [7, 11) is -2.91. The van der Waals surface area contributed by atoms with Gasteiger partial charge in [-0.3, -0.25) is 0 Å².